The fourth-order valence-electron chi connectivity index (χ4n) is 3.82. The highest BCUT2D eigenvalue weighted by Crippen LogP contribution is 2.37. The summed E-state index contributed by atoms with van der Waals surface area (Å²) >= 11 is 0. The first-order chi connectivity index (χ1) is 13.5. The highest BCUT2D eigenvalue weighted by Gasteiger charge is 2.31. The van der Waals surface area contributed by atoms with E-state index in [1.165, 1.54) is 5.56 Å². The quantitative estimate of drug-likeness (QED) is 0.714. The van der Waals surface area contributed by atoms with Crippen molar-refractivity contribution in [2.24, 2.45) is 0 Å². The summed E-state index contributed by atoms with van der Waals surface area (Å²) in [5.74, 6) is 1.48. The number of nitrogens with one attached hydrogen (secondary N) is 1. The predicted octanol–water partition coefficient (Wildman–Crippen LogP) is 4.76. The van der Waals surface area contributed by atoms with Crippen LogP contribution in [-0.2, 0) is 6.42 Å². The van der Waals surface area contributed by atoms with E-state index < -0.39 is 0 Å². The number of ketones is 1. The molecule has 0 saturated carbocycles. The maximum absolute atomic E-state index is 12.9. The molecule has 0 fully saturated rings. The number of methoxy groups -OCH3 is 1. The van der Waals surface area contributed by atoms with E-state index >= 15 is 0 Å². The molecular formula is C23H23N3O2. The number of aryl methyl sites for hydroxylation is 2. The number of anilines is 2. The summed E-state index contributed by atoms with van der Waals surface area (Å²) in [5, 5.41) is 3.26. The molecule has 1 aromatic heterocycles. The second-order valence-corrected chi connectivity index (χ2v) is 7.22. The molecule has 1 aliphatic carbocycles. The van der Waals surface area contributed by atoms with Crippen molar-refractivity contribution in [1.29, 1.82) is 0 Å². The van der Waals surface area contributed by atoms with Gasteiger partial charge in [0.15, 0.2) is 5.78 Å². The molecule has 0 radical (unpaired) electrons. The minimum absolute atomic E-state index is 0.0534. The van der Waals surface area contributed by atoms with Gasteiger partial charge in [-0.3, -0.25) is 4.79 Å². The monoisotopic (exact) mass is 373 g/mol. The van der Waals surface area contributed by atoms with E-state index in [-0.39, 0.29) is 11.7 Å². The summed E-state index contributed by atoms with van der Waals surface area (Å²) in [6.45, 7) is 3.93. The number of rotatable bonds is 4. The first-order valence-electron chi connectivity index (χ1n) is 9.42. The van der Waals surface area contributed by atoms with Crippen molar-refractivity contribution in [2.45, 2.75) is 32.6 Å². The van der Waals surface area contributed by atoms with Gasteiger partial charge in [-0.15, -0.1) is 0 Å². The number of hydrogen-bond donors (Lipinski definition) is 1. The summed E-state index contributed by atoms with van der Waals surface area (Å²) in [7, 11) is 1.66. The third kappa shape index (κ3) is 3.48. The van der Waals surface area contributed by atoms with Crippen molar-refractivity contribution in [3.8, 4) is 5.75 Å². The Morgan fingerprint density at radius 3 is 2.50 bits per heavy atom. The molecule has 1 N–H and O–H groups in total. The van der Waals surface area contributed by atoms with Gasteiger partial charge in [0, 0.05) is 18.0 Å². The zero-order chi connectivity index (χ0) is 19.7. The SMILES string of the molecule is COc1ccccc1[C@H]1CC(=O)c2c(C)nc(Nc3ccc(C)cc3)nc2C1. The standard InChI is InChI=1S/C23H23N3O2/c1-14-8-10-17(11-9-14)25-23-24-15(2)22-19(26-23)12-16(13-20(22)27)18-6-4-5-7-21(18)28-3/h4-11,16H,12-13H2,1-3H3,(H,24,25,26)/t16-/m1/s1. The molecule has 0 amide bonds. The lowest BCUT2D eigenvalue weighted by Crippen LogP contribution is -2.23. The van der Waals surface area contributed by atoms with Gasteiger partial charge in [-0.25, -0.2) is 9.97 Å². The second-order valence-electron chi connectivity index (χ2n) is 7.22. The van der Waals surface area contributed by atoms with E-state index in [9.17, 15) is 4.79 Å². The molecule has 1 heterocycles. The average Bonchev–Trinajstić information content (AvgIpc) is 2.69. The maximum atomic E-state index is 12.9. The molecule has 2 aromatic carbocycles. The molecule has 5 heteroatoms. The minimum Gasteiger partial charge on any atom is -0.496 e. The molecule has 142 valence electrons. The average molecular weight is 373 g/mol. The molecule has 1 atom stereocenters. The third-order valence-electron chi connectivity index (χ3n) is 5.20. The molecule has 5 nitrogen and oxygen atoms in total. The Balaban J connectivity index is 1.68. The number of para-hydroxylation sites is 1. The summed E-state index contributed by atoms with van der Waals surface area (Å²) in [5.41, 5.74) is 5.36. The molecular weight excluding hydrogens is 350 g/mol. The van der Waals surface area contributed by atoms with Gasteiger partial charge in [-0.2, -0.15) is 0 Å². The van der Waals surface area contributed by atoms with Crippen molar-refractivity contribution < 1.29 is 9.53 Å². The predicted molar refractivity (Wildman–Crippen MR) is 110 cm³/mol. The zero-order valence-corrected chi connectivity index (χ0v) is 16.3. The summed E-state index contributed by atoms with van der Waals surface area (Å²) in [6.07, 6.45) is 1.13. The van der Waals surface area contributed by atoms with Gasteiger partial charge in [0.1, 0.15) is 5.75 Å². The summed E-state index contributed by atoms with van der Waals surface area (Å²) in [6, 6.07) is 16.0. The number of carbonyl (C=O) groups is 1. The van der Waals surface area contributed by atoms with Gasteiger partial charge < -0.3 is 10.1 Å². The smallest absolute Gasteiger partial charge is 0.227 e. The number of nitrogens with zero attached hydrogens (tertiary/aromatic N) is 2. The Morgan fingerprint density at radius 1 is 1.00 bits per heavy atom. The van der Waals surface area contributed by atoms with Gasteiger partial charge in [0.05, 0.1) is 24.1 Å². The van der Waals surface area contributed by atoms with E-state index in [1.807, 2.05) is 62.4 Å². The number of benzene rings is 2. The molecule has 4 rings (SSSR count). The van der Waals surface area contributed by atoms with Gasteiger partial charge in [-0.1, -0.05) is 35.9 Å². The first-order valence-corrected chi connectivity index (χ1v) is 9.42. The Labute approximate surface area is 164 Å². The first kappa shape index (κ1) is 18.2. The lowest BCUT2D eigenvalue weighted by Gasteiger charge is -2.25. The van der Waals surface area contributed by atoms with Crippen molar-refractivity contribution in [1.82, 2.24) is 9.97 Å². The van der Waals surface area contributed by atoms with E-state index in [1.54, 1.807) is 7.11 Å². The van der Waals surface area contributed by atoms with Crippen molar-refractivity contribution >= 4 is 17.4 Å². The number of fused-ring (bicyclic) bond motifs is 1. The molecule has 28 heavy (non-hydrogen) atoms. The zero-order valence-electron chi connectivity index (χ0n) is 16.3. The highest BCUT2D eigenvalue weighted by molar-refractivity contribution is 6.00. The Bertz CT molecular complexity index is 1030. The van der Waals surface area contributed by atoms with Crippen LogP contribution in [0.15, 0.2) is 48.5 Å². The van der Waals surface area contributed by atoms with Crippen LogP contribution in [0.1, 0.15) is 45.2 Å². The molecule has 0 saturated heterocycles. The number of carbonyl (C=O) groups excluding carboxylic acids is 1. The van der Waals surface area contributed by atoms with Crippen molar-refractivity contribution in [2.75, 3.05) is 12.4 Å². The molecule has 0 spiro atoms. The highest BCUT2D eigenvalue weighted by atomic mass is 16.5. The number of hydrogen-bond acceptors (Lipinski definition) is 5. The van der Waals surface area contributed by atoms with Gasteiger partial charge in [-0.05, 0) is 44.0 Å². The van der Waals surface area contributed by atoms with Gasteiger partial charge in [0.25, 0.3) is 0 Å². The summed E-state index contributed by atoms with van der Waals surface area (Å²) in [4.78, 5) is 22.1. The van der Waals surface area contributed by atoms with Crippen LogP contribution in [0.2, 0.25) is 0 Å². The van der Waals surface area contributed by atoms with Crippen LogP contribution >= 0.6 is 0 Å². The van der Waals surface area contributed by atoms with E-state index in [2.05, 4.69) is 15.3 Å². The topological polar surface area (TPSA) is 64.1 Å². The molecule has 1 aliphatic rings. The van der Waals surface area contributed by atoms with Crippen molar-refractivity contribution in [3.63, 3.8) is 0 Å². The minimum atomic E-state index is 0.0534. The van der Waals surface area contributed by atoms with E-state index in [0.717, 1.165) is 28.4 Å². The lowest BCUT2D eigenvalue weighted by molar-refractivity contribution is 0.0961. The molecule has 0 bridgehead atoms. The number of ether oxygens (including phenoxy) is 1. The fourth-order valence-corrected chi connectivity index (χ4v) is 3.82. The third-order valence-corrected chi connectivity index (χ3v) is 5.20. The van der Waals surface area contributed by atoms with Crippen LogP contribution in [0.25, 0.3) is 0 Å². The second kappa shape index (κ2) is 7.43. The Morgan fingerprint density at radius 2 is 1.75 bits per heavy atom. The van der Waals surface area contributed by atoms with Gasteiger partial charge >= 0.3 is 0 Å². The lowest BCUT2D eigenvalue weighted by atomic mass is 9.81. The van der Waals surface area contributed by atoms with Gasteiger partial charge in [0.2, 0.25) is 5.95 Å². The van der Waals surface area contributed by atoms with Crippen LogP contribution in [0, 0.1) is 13.8 Å². The maximum Gasteiger partial charge on any atom is 0.227 e. The van der Waals surface area contributed by atoms with Crippen LogP contribution in [0.3, 0.4) is 0 Å². The molecule has 3 aromatic rings. The Kier molecular flexibility index (Phi) is 4.82. The fraction of sp³-hybridized carbons (Fsp3) is 0.261. The Hall–Kier alpha value is -3.21. The van der Waals surface area contributed by atoms with Crippen LogP contribution in [0.4, 0.5) is 11.6 Å². The van der Waals surface area contributed by atoms with E-state index in [0.29, 0.717) is 24.4 Å². The molecule has 0 aliphatic heterocycles. The van der Waals surface area contributed by atoms with Crippen LogP contribution in [-0.4, -0.2) is 22.9 Å². The van der Waals surface area contributed by atoms with Crippen LogP contribution < -0.4 is 10.1 Å². The number of aromatic nitrogens is 2. The van der Waals surface area contributed by atoms with Crippen molar-refractivity contribution in [3.05, 3.63) is 76.6 Å². The normalized spacial score (nSPS) is 15.8. The van der Waals surface area contributed by atoms with Crippen LogP contribution in [0.5, 0.6) is 5.75 Å². The summed E-state index contributed by atoms with van der Waals surface area (Å²) < 4.78 is 5.50. The largest absolute Gasteiger partial charge is 0.496 e. The van der Waals surface area contributed by atoms with E-state index in [4.69, 9.17) is 4.74 Å². The number of Topliss-reactive ketones (excluding diaryl/α,β-unsaturated/α-hetero) is 1. The molecule has 0 unspecified atom stereocenters.